The Morgan fingerprint density at radius 3 is 2.82 bits per heavy atom. The second kappa shape index (κ2) is 8.19. The first kappa shape index (κ1) is 20.0. The maximum Gasteiger partial charge on any atom is 0.333 e. The minimum Gasteiger partial charge on any atom is -0.393 e. The molecule has 2 fully saturated rings. The van der Waals surface area contributed by atoms with E-state index in [0.717, 1.165) is 28.1 Å². The first-order valence-corrected chi connectivity index (χ1v) is 12.1. The van der Waals surface area contributed by atoms with Gasteiger partial charge >= 0.3 is 10.3 Å². The van der Waals surface area contributed by atoms with Crippen LogP contribution in [0.5, 0.6) is 0 Å². The second-order valence-electron chi connectivity index (χ2n) is 7.90. The molecule has 4 rings (SSSR count). The third kappa shape index (κ3) is 4.46. The Hall–Kier alpha value is -1.33. The number of fused-ring (bicyclic) bond motifs is 1. The van der Waals surface area contributed by atoms with Gasteiger partial charge in [-0.1, -0.05) is 12.8 Å². The number of rotatable bonds is 7. The van der Waals surface area contributed by atoms with E-state index >= 15 is 0 Å². The van der Waals surface area contributed by atoms with Crippen molar-refractivity contribution in [3.63, 3.8) is 0 Å². The normalized spacial score (nSPS) is 26.3. The van der Waals surface area contributed by atoms with E-state index in [1.165, 1.54) is 25.7 Å². The molecule has 10 heteroatoms. The van der Waals surface area contributed by atoms with Crippen molar-refractivity contribution in [3.8, 4) is 0 Å². The number of nitrogens with two attached hydrogens (primary N) is 1. The molecule has 0 saturated heterocycles. The van der Waals surface area contributed by atoms with E-state index in [1.54, 1.807) is 17.7 Å². The van der Waals surface area contributed by atoms with Crippen molar-refractivity contribution in [2.75, 3.05) is 18.5 Å². The molecule has 0 radical (unpaired) electrons. The molecule has 0 aliphatic heterocycles. The third-order valence-corrected chi connectivity index (χ3v) is 7.42. The molecule has 2 aliphatic carbocycles. The van der Waals surface area contributed by atoms with Crippen molar-refractivity contribution in [2.24, 2.45) is 17.0 Å². The van der Waals surface area contributed by atoms with Gasteiger partial charge in [-0.05, 0) is 48.5 Å². The molecule has 0 amide bonds. The highest BCUT2D eigenvalue weighted by Crippen LogP contribution is 2.43. The monoisotopic (exact) mass is 426 g/mol. The van der Waals surface area contributed by atoms with Crippen LogP contribution in [-0.4, -0.2) is 42.7 Å². The van der Waals surface area contributed by atoms with Crippen molar-refractivity contribution in [3.05, 3.63) is 17.3 Å². The van der Waals surface area contributed by atoms with E-state index in [-0.39, 0.29) is 18.4 Å². The number of anilines is 1. The van der Waals surface area contributed by atoms with E-state index in [2.05, 4.69) is 20.7 Å². The van der Waals surface area contributed by atoms with E-state index in [9.17, 15) is 13.5 Å². The number of thiophene rings is 1. The molecule has 0 aromatic carbocycles. The molecule has 154 valence electrons. The Bertz CT molecular complexity index is 927. The summed E-state index contributed by atoms with van der Waals surface area (Å²) in [6.07, 6.45) is 7.34. The summed E-state index contributed by atoms with van der Waals surface area (Å²) in [6.45, 7) is 0.843. The number of hydrogen-bond donors (Lipinski definition) is 3. The molecule has 8 nitrogen and oxygen atoms in total. The second-order valence-corrected chi connectivity index (χ2v) is 10.00. The summed E-state index contributed by atoms with van der Waals surface area (Å²) in [5.74, 6) is 1.44. The molecule has 3 atom stereocenters. The first-order valence-electron chi connectivity index (χ1n) is 9.72. The van der Waals surface area contributed by atoms with Gasteiger partial charge in [0.2, 0.25) is 0 Å². The first-order chi connectivity index (χ1) is 13.4. The zero-order valence-electron chi connectivity index (χ0n) is 15.6. The summed E-state index contributed by atoms with van der Waals surface area (Å²) in [4.78, 5) is 8.92. The molecular weight excluding hydrogens is 400 g/mol. The summed E-state index contributed by atoms with van der Waals surface area (Å²) >= 11 is 1.61. The number of nitrogens with one attached hydrogen (secondary N) is 1. The maximum absolute atomic E-state index is 11.0. The summed E-state index contributed by atoms with van der Waals surface area (Å²) in [5, 5.41) is 20.8. The molecule has 4 N–H and O–H groups in total. The Kier molecular flexibility index (Phi) is 5.84. The van der Waals surface area contributed by atoms with Crippen LogP contribution in [0.3, 0.4) is 0 Å². The summed E-state index contributed by atoms with van der Waals surface area (Å²) < 4.78 is 27.8. The Balaban J connectivity index is 1.48. The largest absolute Gasteiger partial charge is 0.393 e. The lowest BCUT2D eigenvalue weighted by Crippen LogP contribution is -2.24. The quantitative estimate of drug-likeness (QED) is 0.620. The topological polar surface area (TPSA) is 127 Å². The Morgan fingerprint density at radius 2 is 2.07 bits per heavy atom. The lowest BCUT2D eigenvalue weighted by Gasteiger charge is -2.13. The van der Waals surface area contributed by atoms with Gasteiger partial charge in [0, 0.05) is 12.5 Å². The van der Waals surface area contributed by atoms with E-state index < -0.39 is 16.4 Å². The van der Waals surface area contributed by atoms with Crippen LogP contribution in [0, 0.1) is 11.8 Å². The lowest BCUT2D eigenvalue weighted by atomic mass is 9.98. The van der Waals surface area contributed by atoms with Gasteiger partial charge in [-0.3, -0.25) is 4.18 Å². The van der Waals surface area contributed by atoms with Crippen LogP contribution < -0.4 is 10.5 Å². The molecule has 2 aromatic rings. The number of hydrogen-bond acceptors (Lipinski definition) is 8. The maximum atomic E-state index is 11.0. The minimum absolute atomic E-state index is 0.0955. The molecule has 2 aliphatic rings. The molecule has 2 aromatic heterocycles. The van der Waals surface area contributed by atoms with Gasteiger partial charge in [0.15, 0.2) is 0 Å². The highest BCUT2D eigenvalue weighted by molar-refractivity contribution is 7.84. The Morgan fingerprint density at radius 1 is 1.29 bits per heavy atom. The van der Waals surface area contributed by atoms with Gasteiger partial charge in [0.25, 0.3) is 0 Å². The van der Waals surface area contributed by atoms with E-state index in [0.29, 0.717) is 18.8 Å². The van der Waals surface area contributed by atoms with Gasteiger partial charge in [0.1, 0.15) is 12.1 Å². The van der Waals surface area contributed by atoms with E-state index in [1.807, 2.05) is 0 Å². The average molecular weight is 427 g/mol. The molecule has 0 spiro atoms. The van der Waals surface area contributed by atoms with Crippen molar-refractivity contribution in [1.82, 2.24) is 9.97 Å². The molecule has 0 bridgehead atoms. The Labute approximate surface area is 168 Å². The summed E-state index contributed by atoms with van der Waals surface area (Å²) in [7, 11) is -4.00. The zero-order chi connectivity index (χ0) is 19.7. The zero-order valence-corrected chi connectivity index (χ0v) is 17.2. The van der Waals surface area contributed by atoms with Crippen LogP contribution in [0.25, 0.3) is 10.2 Å². The molecule has 2 heterocycles. The van der Waals surface area contributed by atoms with Crippen molar-refractivity contribution >= 4 is 37.7 Å². The SMILES string of the molecule is NS(=O)(=O)OC[C@@H]1C[C@@H](c2csc3c(NCC4CCCC4)ncnc23)C[C@@H]1O. The summed E-state index contributed by atoms with van der Waals surface area (Å²) in [5.41, 5.74) is 2.00. The minimum atomic E-state index is -4.00. The fraction of sp³-hybridized carbons (Fsp3) is 0.667. The smallest absolute Gasteiger partial charge is 0.333 e. The van der Waals surface area contributed by atoms with Crippen LogP contribution in [0.4, 0.5) is 5.82 Å². The number of aromatic nitrogens is 2. The molecule has 28 heavy (non-hydrogen) atoms. The predicted octanol–water partition coefficient (Wildman–Crippen LogP) is 2.37. The van der Waals surface area contributed by atoms with Crippen LogP contribution in [0.15, 0.2) is 11.7 Å². The van der Waals surface area contributed by atoms with Crippen molar-refractivity contribution in [1.29, 1.82) is 0 Å². The average Bonchev–Trinajstić information content (AvgIpc) is 3.37. The van der Waals surface area contributed by atoms with E-state index in [4.69, 9.17) is 9.32 Å². The van der Waals surface area contributed by atoms with Crippen LogP contribution in [0.1, 0.15) is 50.0 Å². The summed E-state index contributed by atoms with van der Waals surface area (Å²) in [6, 6.07) is 0. The highest BCUT2D eigenvalue weighted by atomic mass is 32.2. The predicted molar refractivity (Wildman–Crippen MR) is 108 cm³/mol. The number of nitrogens with zero attached hydrogens (tertiary/aromatic N) is 2. The molecule has 2 saturated carbocycles. The highest BCUT2D eigenvalue weighted by Gasteiger charge is 2.36. The van der Waals surface area contributed by atoms with Crippen LogP contribution >= 0.6 is 11.3 Å². The van der Waals surface area contributed by atoms with Crippen LogP contribution in [-0.2, 0) is 14.5 Å². The fourth-order valence-electron chi connectivity index (χ4n) is 4.46. The van der Waals surface area contributed by atoms with Crippen LogP contribution in [0.2, 0.25) is 0 Å². The van der Waals surface area contributed by atoms with Crippen molar-refractivity contribution in [2.45, 2.75) is 50.5 Å². The molecule has 0 unspecified atom stereocenters. The fourth-order valence-corrected chi connectivity index (χ4v) is 5.89. The third-order valence-electron chi connectivity index (χ3n) is 5.96. The number of aliphatic hydroxyl groups excluding tert-OH is 1. The number of aliphatic hydroxyl groups is 1. The van der Waals surface area contributed by atoms with Crippen molar-refractivity contribution < 1.29 is 17.7 Å². The van der Waals surface area contributed by atoms with Gasteiger partial charge in [-0.2, -0.15) is 8.42 Å². The molecular formula is C18H26N4O4S2. The van der Waals surface area contributed by atoms with Gasteiger partial charge < -0.3 is 10.4 Å². The van der Waals surface area contributed by atoms with Gasteiger partial charge in [-0.25, -0.2) is 15.1 Å². The lowest BCUT2D eigenvalue weighted by molar-refractivity contribution is 0.101. The standard InChI is InChI=1S/C18H26N4O4S2/c19-28(24,25)26-8-13-5-12(6-15(13)23)14-9-27-17-16(14)21-10-22-18(17)20-7-11-3-1-2-4-11/h9-13,15,23H,1-8H2,(H2,19,24,25)(H,20,21,22)/t12-,13+,15+/m1/s1. The van der Waals surface area contributed by atoms with Gasteiger partial charge in [-0.15, -0.1) is 11.3 Å². The van der Waals surface area contributed by atoms with Gasteiger partial charge in [0.05, 0.1) is 22.9 Å².